The molecule has 2 aromatic heterocycles. The van der Waals surface area contributed by atoms with Crippen molar-refractivity contribution in [3.05, 3.63) is 38.3 Å². The number of halogens is 1. The SMILES string of the molecule is Cc1cc(C(O)Cc2ccc(Br)s2)n(C)n1. The molecule has 5 heteroatoms. The fourth-order valence-electron chi connectivity index (χ4n) is 1.70. The van der Waals surface area contributed by atoms with E-state index in [-0.39, 0.29) is 0 Å². The summed E-state index contributed by atoms with van der Waals surface area (Å²) in [6.45, 7) is 1.93. The van der Waals surface area contributed by atoms with E-state index >= 15 is 0 Å². The standard InChI is InChI=1S/C11H13BrN2OS/c1-7-5-9(14(2)13-7)10(15)6-8-3-4-11(12)16-8/h3-5,10,15H,6H2,1-2H3. The molecule has 86 valence electrons. The van der Waals surface area contributed by atoms with Gasteiger partial charge in [0.2, 0.25) is 0 Å². The van der Waals surface area contributed by atoms with E-state index in [1.807, 2.05) is 32.2 Å². The van der Waals surface area contributed by atoms with Gasteiger partial charge in [-0.1, -0.05) is 0 Å². The minimum absolute atomic E-state index is 0.489. The molecule has 0 radical (unpaired) electrons. The third-order valence-electron chi connectivity index (χ3n) is 2.40. The highest BCUT2D eigenvalue weighted by Gasteiger charge is 2.14. The third kappa shape index (κ3) is 2.53. The van der Waals surface area contributed by atoms with Gasteiger partial charge < -0.3 is 5.11 Å². The van der Waals surface area contributed by atoms with Crippen molar-refractivity contribution < 1.29 is 5.11 Å². The Kier molecular flexibility index (Phi) is 3.47. The third-order valence-corrected chi connectivity index (χ3v) is 4.05. The quantitative estimate of drug-likeness (QED) is 0.946. The van der Waals surface area contributed by atoms with E-state index in [0.717, 1.165) is 15.2 Å². The number of thiophene rings is 1. The van der Waals surface area contributed by atoms with Crippen molar-refractivity contribution in [1.82, 2.24) is 9.78 Å². The maximum absolute atomic E-state index is 10.1. The fraction of sp³-hybridized carbons (Fsp3) is 0.364. The molecule has 0 spiro atoms. The summed E-state index contributed by atoms with van der Waals surface area (Å²) in [6.07, 6.45) is 0.145. The maximum Gasteiger partial charge on any atom is 0.100 e. The second-order valence-electron chi connectivity index (χ2n) is 3.76. The molecular formula is C11H13BrN2OS. The Labute approximate surface area is 107 Å². The van der Waals surface area contributed by atoms with Gasteiger partial charge in [-0.15, -0.1) is 11.3 Å². The van der Waals surface area contributed by atoms with Crippen LogP contribution in [0.25, 0.3) is 0 Å². The Morgan fingerprint density at radius 2 is 2.31 bits per heavy atom. The lowest BCUT2D eigenvalue weighted by Crippen LogP contribution is -2.07. The fourth-order valence-corrected chi connectivity index (χ4v) is 3.22. The molecule has 2 rings (SSSR count). The van der Waals surface area contributed by atoms with E-state index in [4.69, 9.17) is 0 Å². The molecule has 0 aliphatic heterocycles. The first-order valence-corrected chi connectivity index (χ1v) is 6.60. The zero-order valence-corrected chi connectivity index (χ0v) is 11.5. The van der Waals surface area contributed by atoms with Crippen LogP contribution in [-0.2, 0) is 13.5 Å². The van der Waals surface area contributed by atoms with Crippen molar-refractivity contribution in [1.29, 1.82) is 0 Å². The summed E-state index contributed by atoms with van der Waals surface area (Å²) in [5.41, 5.74) is 1.80. The monoisotopic (exact) mass is 300 g/mol. The van der Waals surface area contributed by atoms with Gasteiger partial charge in [-0.25, -0.2) is 0 Å². The molecule has 0 aliphatic carbocycles. The van der Waals surface area contributed by atoms with Gasteiger partial charge in [-0.3, -0.25) is 4.68 Å². The summed E-state index contributed by atoms with van der Waals surface area (Å²) >= 11 is 5.07. The van der Waals surface area contributed by atoms with E-state index in [0.29, 0.717) is 6.42 Å². The molecule has 0 amide bonds. The summed E-state index contributed by atoms with van der Waals surface area (Å²) in [4.78, 5) is 1.17. The van der Waals surface area contributed by atoms with Gasteiger partial charge in [0.1, 0.15) is 6.10 Å². The van der Waals surface area contributed by atoms with Gasteiger partial charge in [0.05, 0.1) is 15.2 Å². The van der Waals surface area contributed by atoms with Crippen LogP contribution in [0, 0.1) is 6.92 Å². The highest BCUT2D eigenvalue weighted by atomic mass is 79.9. The molecule has 0 saturated carbocycles. The molecule has 2 heterocycles. The first kappa shape index (κ1) is 11.8. The summed E-state index contributed by atoms with van der Waals surface area (Å²) in [5, 5.41) is 14.3. The number of hydrogen-bond donors (Lipinski definition) is 1. The zero-order chi connectivity index (χ0) is 11.7. The molecule has 1 N–H and O–H groups in total. The number of aliphatic hydroxyl groups excluding tert-OH is 1. The molecule has 3 nitrogen and oxygen atoms in total. The Hall–Kier alpha value is -0.650. The predicted molar refractivity (Wildman–Crippen MR) is 68.6 cm³/mol. The van der Waals surface area contributed by atoms with Crippen LogP contribution >= 0.6 is 27.3 Å². The number of aryl methyl sites for hydroxylation is 2. The van der Waals surface area contributed by atoms with Crippen LogP contribution in [0.4, 0.5) is 0 Å². The second-order valence-corrected chi connectivity index (χ2v) is 6.31. The molecule has 0 aliphatic rings. The number of aliphatic hydroxyl groups is 1. The average Bonchev–Trinajstić information content (AvgIpc) is 2.73. The second kappa shape index (κ2) is 4.69. The van der Waals surface area contributed by atoms with E-state index < -0.39 is 6.10 Å². The molecule has 2 aromatic rings. The lowest BCUT2D eigenvalue weighted by atomic mass is 10.1. The predicted octanol–water partition coefficient (Wildman–Crippen LogP) is 2.83. The van der Waals surface area contributed by atoms with Crippen molar-refractivity contribution in [3.8, 4) is 0 Å². The van der Waals surface area contributed by atoms with Crippen LogP contribution in [0.5, 0.6) is 0 Å². The zero-order valence-electron chi connectivity index (χ0n) is 9.14. The van der Waals surface area contributed by atoms with Crippen molar-refractivity contribution in [2.75, 3.05) is 0 Å². The average molecular weight is 301 g/mol. The lowest BCUT2D eigenvalue weighted by Gasteiger charge is -2.09. The Bertz CT molecular complexity index is 492. The van der Waals surface area contributed by atoms with E-state index in [2.05, 4.69) is 21.0 Å². The number of aromatic nitrogens is 2. The van der Waals surface area contributed by atoms with Crippen LogP contribution < -0.4 is 0 Å². The van der Waals surface area contributed by atoms with Gasteiger partial charge in [0, 0.05) is 18.3 Å². The largest absolute Gasteiger partial charge is 0.386 e. The first-order valence-electron chi connectivity index (χ1n) is 4.99. The van der Waals surface area contributed by atoms with Crippen LogP contribution in [-0.4, -0.2) is 14.9 Å². The Balaban J connectivity index is 2.14. The van der Waals surface area contributed by atoms with E-state index in [1.165, 1.54) is 4.88 Å². The van der Waals surface area contributed by atoms with Gasteiger partial charge in [0.15, 0.2) is 0 Å². The summed E-state index contributed by atoms with van der Waals surface area (Å²) in [5.74, 6) is 0. The number of hydrogen-bond acceptors (Lipinski definition) is 3. The smallest absolute Gasteiger partial charge is 0.100 e. The highest BCUT2D eigenvalue weighted by Crippen LogP contribution is 2.26. The number of nitrogens with zero attached hydrogens (tertiary/aromatic N) is 2. The molecule has 1 unspecified atom stereocenters. The van der Waals surface area contributed by atoms with Crippen LogP contribution in [0.15, 0.2) is 22.0 Å². The van der Waals surface area contributed by atoms with Crippen LogP contribution in [0.2, 0.25) is 0 Å². The van der Waals surface area contributed by atoms with E-state index in [1.54, 1.807) is 16.0 Å². The van der Waals surface area contributed by atoms with Crippen molar-refractivity contribution in [2.45, 2.75) is 19.4 Å². The minimum atomic E-state index is -0.489. The van der Waals surface area contributed by atoms with Gasteiger partial charge in [0.25, 0.3) is 0 Å². The molecule has 16 heavy (non-hydrogen) atoms. The van der Waals surface area contributed by atoms with Crippen LogP contribution in [0.1, 0.15) is 22.4 Å². The molecule has 1 atom stereocenters. The number of rotatable bonds is 3. The van der Waals surface area contributed by atoms with Crippen molar-refractivity contribution in [3.63, 3.8) is 0 Å². The van der Waals surface area contributed by atoms with Crippen LogP contribution in [0.3, 0.4) is 0 Å². The highest BCUT2D eigenvalue weighted by molar-refractivity contribution is 9.11. The maximum atomic E-state index is 10.1. The molecule has 0 bridgehead atoms. The summed E-state index contributed by atoms with van der Waals surface area (Å²) in [7, 11) is 1.86. The minimum Gasteiger partial charge on any atom is -0.386 e. The summed E-state index contributed by atoms with van der Waals surface area (Å²) in [6, 6.07) is 5.95. The van der Waals surface area contributed by atoms with E-state index in [9.17, 15) is 5.11 Å². The first-order chi connectivity index (χ1) is 7.56. The van der Waals surface area contributed by atoms with Crippen molar-refractivity contribution in [2.24, 2.45) is 7.05 Å². The molecule has 0 saturated heterocycles. The van der Waals surface area contributed by atoms with Gasteiger partial charge in [-0.05, 0) is 41.1 Å². The lowest BCUT2D eigenvalue weighted by molar-refractivity contribution is 0.169. The summed E-state index contributed by atoms with van der Waals surface area (Å²) < 4.78 is 2.83. The topological polar surface area (TPSA) is 38.0 Å². The molecular weight excluding hydrogens is 288 g/mol. The molecule has 0 aromatic carbocycles. The molecule has 0 fully saturated rings. The normalized spacial score (nSPS) is 13.0. The van der Waals surface area contributed by atoms with Crippen molar-refractivity contribution >= 4 is 27.3 Å². The Morgan fingerprint density at radius 1 is 1.56 bits per heavy atom. The van der Waals surface area contributed by atoms with Gasteiger partial charge >= 0.3 is 0 Å². The van der Waals surface area contributed by atoms with Gasteiger partial charge in [-0.2, -0.15) is 5.10 Å². The Morgan fingerprint density at radius 3 is 2.81 bits per heavy atom.